The van der Waals surface area contributed by atoms with Crippen molar-refractivity contribution in [1.82, 2.24) is 10.0 Å². The molecule has 0 aromatic heterocycles. The molecule has 0 aliphatic carbocycles. The van der Waals surface area contributed by atoms with Gasteiger partial charge in [-0.2, -0.15) is 13.2 Å². The van der Waals surface area contributed by atoms with Gasteiger partial charge in [-0.15, -0.1) is 0 Å². The first-order valence-electron chi connectivity index (χ1n) is 6.90. The number of hydrogen-bond donors (Lipinski definition) is 2. The highest BCUT2D eigenvalue weighted by Gasteiger charge is 2.30. The van der Waals surface area contributed by atoms with Crippen LogP contribution in [0.5, 0.6) is 0 Å². The Hall–Kier alpha value is -1.61. The van der Waals surface area contributed by atoms with E-state index >= 15 is 0 Å². The Morgan fingerprint density at radius 2 is 1.83 bits per heavy atom. The van der Waals surface area contributed by atoms with Crippen molar-refractivity contribution < 1.29 is 26.4 Å². The number of carbonyl (C=O) groups is 1. The molecular formula is C14H19F3N2O3S. The molecule has 1 rings (SSSR count). The van der Waals surface area contributed by atoms with E-state index in [2.05, 4.69) is 5.32 Å². The van der Waals surface area contributed by atoms with E-state index in [1.807, 2.05) is 13.8 Å². The van der Waals surface area contributed by atoms with Crippen LogP contribution in [0.25, 0.3) is 0 Å². The maximum absolute atomic E-state index is 12.1. The topological polar surface area (TPSA) is 75.3 Å². The molecule has 0 saturated carbocycles. The van der Waals surface area contributed by atoms with Crippen LogP contribution in [0.3, 0.4) is 0 Å². The standard InChI is InChI=1S/C14H19F3N2O3S/c1-9(2)10(3)19-13(20)11-5-4-6-12(7-11)23(21,22)18-8-14(15,16)17/h4-7,9-10,18H,8H2,1-3H3,(H,19,20)/t10-/m1/s1. The van der Waals surface area contributed by atoms with Gasteiger partial charge >= 0.3 is 6.18 Å². The minimum Gasteiger partial charge on any atom is -0.349 e. The average Bonchev–Trinajstić information content (AvgIpc) is 2.44. The first-order valence-corrected chi connectivity index (χ1v) is 8.38. The number of benzene rings is 1. The summed E-state index contributed by atoms with van der Waals surface area (Å²) in [6, 6.07) is 4.73. The number of alkyl halides is 3. The number of hydrogen-bond acceptors (Lipinski definition) is 3. The number of nitrogens with one attached hydrogen (secondary N) is 2. The van der Waals surface area contributed by atoms with Gasteiger partial charge in [0, 0.05) is 11.6 Å². The van der Waals surface area contributed by atoms with Crippen molar-refractivity contribution >= 4 is 15.9 Å². The zero-order valence-electron chi connectivity index (χ0n) is 12.9. The summed E-state index contributed by atoms with van der Waals surface area (Å²) in [4.78, 5) is 11.7. The van der Waals surface area contributed by atoms with E-state index in [1.54, 1.807) is 6.92 Å². The van der Waals surface area contributed by atoms with Crippen LogP contribution < -0.4 is 10.0 Å². The molecule has 0 heterocycles. The van der Waals surface area contributed by atoms with E-state index < -0.39 is 33.5 Å². The zero-order chi connectivity index (χ0) is 17.8. The molecule has 1 aromatic rings. The molecule has 0 aliphatic heterocycles. The van der Waals surface area contributed by atoms with Gasteiger partial charge in [0.2, 0.25) is 10.0 Å². The van der Waals surface area contributed by atoms with Crippen molar-refractivity contribution in [2.45, 2.75) is 37.9 Å². The first-order chi connectivity index (χ1) is 10.4. The highest BCUT2D eigenvalue weighted by molar-refractivity contribution is 7.89. The monoisotopic (exact) mass is 352 g/mol. The van der Waals surface area contributed by atoms with Crippen LogP contribution in [0.1, 0.15) is 31.1 Å². The highest BCUT2D eigenvalue weighted by Crippen LogP contribution is 2.16. The van der Waals surface area contributed by atoms with Crippen molar-refractivity contribution in [3.8, 4) is 0 Å². The summed E-state index contributed by atoms with van der Waals surface area (Å²) in [6.45, 7) is 3.95. The van der Waals surface area contributed by atoms with Gasteiger partial charge in [-0.05, 0) is 31.0 Å². The second-order valence-corrected chi connectivity index (χ2v) is 7.24. The van der Waals surface area contributed by atoms with Gasteiger partial charge in [0.05, 0.1) is 4.90 Å². The molecule has 5 nitrogen and oxygen atoms in total. The Morgan fingerprint density at radius 3 is 2.35 bits per heavy atom. The Balaban J connectivity index is 2.94. The van der Waals surface area contributed by atoms with E-state index in [0.717, 1.165) is 12.1 Å². The smallest absolute Gasteiger partial charge is 0.349 e. The third-order valence-electron chi connectivity index (χ3n) is 3.23. The molecule has 23 heavy (non-hydrogen) atoms. The summed E-state index contributed by atoms with van der Waals surface area (Å²) in [7, 11) is -4.34. The van der Waals surface area contributed by atoms with E-state index in [9.17, 15) is 26.4 Å². The van der Waals surface area contributed by atoms with Gasteiger partial charge in [-0.3, -0.25) is 4.79 Å². The van der Waals surface area contributed by atoms with Gasteiger partial charge in [-0.25, -0.2) is 13.1 Å². The van der Waals surface area contributed by atoms with Crippen molar-refractivity contribution in [1.29, 1.82) is 0 Å². The lowest BCUT2D eigenvalue weighted by molar-refractivity contribution is -0.121. The summed E-state index contributed by atoms with van der Waals surface area (Å²) < 4.78 is 61.6. The van der Waals surface area contributed by atoms with Crippen LogP contribution in [0.2, 0.25) is 0 Å². The maximum Gasteiger partial charge on any atom is 0.402 e. The Labute approximate surface area is 133 Å². The van der Waals surface area contributed by atoms with Gasteiger partial charge in [0.1, 0.15) is 6.54 Å². The van der Waals surface area contributed by atoms with Gasteiger partial charge in [0.25, 0.3) is 5.91 Å². The molecule has 0 saturated heterocycles. The molecular weight excluding hydrogens is 333 g/mol. The fourth-order valence-electron chi connectivity index (χ4n) is 1.52. The molecule has 0 aliphatic rings. The van der Waals surface area contributed by atoms with Crippen LogP contribution >= 0.6 is 0 Å². The molecule has 130 valence electrons. The number of carbonyl (C=O) groups excluding carboxylic acids is 1. The van der Waals surface area contributed by atoms with E-state index in [0.29, 0.717) is 0 Å². The van der Waals surface area contributed by atoms with Crippen molar-refractivity contribution in [3.05, 3.63) is 29.8 Å². The molecule has 1 aromatic carbocycles. The SMILES string of the molecule is CC(C)[C@@H](C)NC(=O)c1cccc(S(=O)(=O)NCC(F)(F)F)c1. The van der Waals surface area contributed by atoms with Crippen LogP contribution in [0.15, 0.2) is 29.2 Å². The molecule has 0 bridgehead atoms. The van der Waals surface area contributed by atoms with Crippen LogP contribution in [0, 0.1) is 5.92 Å². The van der Waals surface area contributed by atoms with Crippen LogP contribution in [-0.4, -0.2) is 33.1 Å². The molecule has 2 N–H and O–H groups in total. The average molecular weight is 352 g/mol. The minimum atomic E-state index is -4.66. The van der Waals surface area contributed by atoms with Gasteiger partial charge in [-0.1, -0.05) is 19.9 Å². The zero-order valence-corrected chi connectivity index (χ0v) is 13.8. The summed E-state index contributed by atoms with van der Waals surface area (Å²) >= 11 is 0. The first kappa shape index (κ1) is 19.4. The maximum atomic E-state index is 12.1. The molecule has 0 unspecified atom stereocenters. The van der Waals surface area contributed by atoms with Crippen molar-refractivity contribution in [3.63, 3.8) is 0 Å². The fourth-order valence-corrected chi connectivity index (χ4v) is 2.58. The summed E-state index contributed by atoms with van der Waals surface area (Å²) in [5, 5.41) is 2.70. The number of rotatable bonds is 6. The lowest BCUT2D eigenvalue weighted by atomic mass is 10.1. The molecule has 1 amide bonds. The number of amides is 1. The van der Waals surface area contributed by atoms with Crippen LogP contribution in [-0.2, 0) is 10.0 Å². The predicted molar refractivity (Wildman–Crippen MR) is 79.5 cm³/mol. The van der Waals surface area contributed by atoms with Crippen LogP contribution in [0.4, 0.5) is 13.2 Å². The molecule has 1 atom stereocenters. The minimum absolute atomic E-state index is 0.0624. The number of sulfonamides is 1. The van der Waals surface area contributed by atoms with Gasteiger partial charge < -0.3 is 5.32 Å². The number of halogens is 3. The summed E-state index contributed by atoms with van der Waals surface area (Å²) in [5.74, 6) is -0.307. The molecule has 0 fully saturated rings. The third kappa shape index (κ3) is 6.19. The highest BCUT2D eigenvalue weighted by atomic mass is 32.2. The van der Waals surface area contributed by atoms with Crippen molar-refractivity contribution in [2.24, 2.45) is 5.92 Å². The Kier molecular flexibility index (Phi) is 6.18. The van der Waals surface area contributed by atoms with E-state index in [-0.39, 0.29) is 17.5 Å². The lowest BCUT2D eigenvalue weighted by Gasteiger charge is -2.17. The second-order valence-electron chi connectivity index (χ2n) is 5.47. The quantitative estimate of drug-likeness (QED) is 0.825. The van der Waals surface area contributed by atoms with Crippen molar-refractivity contribution in [2.75, 3.05) is 6.54 Å². The third-order valence-corrected chi connectivity index (χ3v) is 4.63. The Bertz CT molecular complexity index is 657. The summed E-state index contributed by atoms with van der Waals surface area (Å²) in [6.07, 6.45) is -4.66. The van der Waals surface area contributed by atoms with Gasteiger partial charge in [0.15, 0.2) is 0 Å². The summed E-state index contributed by atoms with van der Waals surface area (Å²) in [5.41, 5.74) is 0.0624. The molecule has 9 heteroatoms. The normalized spacial score (nSPS) is 13.9. The predicted octanol–water partition coefficient (Wildman–Crippen LogP) is 2.30. The van der Waals surface area contributed by atoms with E-state index in [1.165, 1.54) is 16.9 Å². The second kappa shape index (κ2) is 7.31. The van der Waals surface area contributed by atoms with E-state index in [4.69, 9.17) is 0 Å². The Morgan fingerprint density at radius 1 is 1.22 bits per heavy atom. The fraction of sp³-hybridized carbons (Fsp3) is 0.500. The molecule has 0 spiro atoms. The molecule has 0 radical (unpaired) electrons. The lowest BCUT2D eigenvalue weighted by Crippen LogP contribution is -2.36. The largest absolute Gasteiger partial charge is 0.402 e.